The maximum atomic E-state index is 12.2. The van der Waals surface area contributed by atoms with Gasteiger partial charge >= 0.3 is 12.1 Å². The molecule has 1 aromatic heterocycles. The summed E-state index contributed by atoms with van der Waals surface area (Å²) in [5, 5.41) is 5.50. The molecule has 1 N–H and O–H groups in total. The van der Waals surface area contributed by atoms with Gasteiger partial charge in [-0.1, -0.05) is 12.1 Å². The summed E-state index contributed by atoms with van der Waals surface area (Å²) in [5.74, 6) is 2.13. The molecule has 1 atom stereocenters. The highest BCUT2D eigenvalue weighted by atomic mass is 32.1. The third-order valence-corrected chi connectivity index (χ3v) is 6.19. The molecule has 0 spiro atoms. The lowest BCUT2D eigenvalue weighted by atomic mass is 10.1. The first kappa shape index (κ1) is 27.7. The van der Waals surface area contributed by atoms with Crippen molar-refractivity contribution in [2.24, 2.45) is 0 Å². The van der Waals surface area contributed by atoms with E-state index in [0.29, 0.717) is 17.2 Å². The molecular formula is C30H30N2O6S. The van der Waals surface area contributed by atoms with Gasteiger partial charge in [0.15, 0.2) is 0 Å². The molecule has 1 heterocycles. The molecule has 39 heavy (non-hydrogen) atoms. The second-order valence-electron chi connectivity index (χ2n) is 9.61. The predicted molar refractivity (Wildman–Crippen MR) is 149 cm³/mol. The topological polar surface area (TPSA) is 96.0 Å². The first-order valence-corrected chi connectivity index (χ1v) is 13.2. The van der Waals surface area contributed by atoms with Crippen molar-refractivity contribution >= 4 is 23.4 Å². The summed E-state index contributed by atoms with van der Waals surface area (Å²) in [6, 6.07) is 21.5. The fraction of sp³-hybridized carbons (Fsp3) is 0.233. The molecule has 0 saturated carbocycles. The maximum Gasteiger partial charge on any atom is 0.408 e. The lowest BCUT2D eigenvalue weighted by Gasteiger charge is -2.22. The van der Waals surface area contributed by atoms with Crippen molar-refractivity contribution in [3.05, 3.63) is 89.9 Å². The number of alkyl carbamates (subject to hydrolysis) is 1. The summed E-state index contributed by atoms with van der Waals surface area (Å²) in [7, 11) is 1.28. The van der Waals surface area contributed by atoms with Crippen LogP contribution >= 0.6 is 11.3 Å². The predicted octanol–water partition coefficient (Wildman–Crippen LogP) is 7.00. The highest BCUT2D eigenvalue weighted by Gasteiger charge is 2.25. The minimum Gasteiger partial charge on any atom is -0.467 e. The van der Waals surface area contributed by atoms with Gasteiger partial charge in [0, 0.05) is 23.6 Å². The molecule has 4 aromatic rings. The van der Waals surface area contributed by atoms with Crippen LogP contribution in [0, 0.1) is 0 Å². The zero-order chi connectivity index (χ0) is 27.8. The first-order chi connectivity index (χ1) is 18.7. The van der Waals surface area contributed by atoms with Crippen LogP contribution in [0.3, 0.4) is 0 Å². The molecule has 1 unspecified atom stereocenters. The standard InChI is InChI=1S/C30H30N2O6S/c1-30(2,3)38-29(34)32-26(28(33)35-4)19-20-5-9-22(10-6-20)36-24-13-15-25(16-14-24)37-23-11-7-21(8-12-23)27-31-17-18-39-27/h5-18,26H,19H2,1-4H3,(H,32,34). The van der Waals surface area contributed by atoms with E-state index < -0.39 is 23.7 Å². The van der Waals surface area contributed by atoms with E-state index in [2.05, 4.69) is 10.3 Å². The number of ether oxygens (including phenoxy) is 4. The Morgan fingerprint density at radius 1 is 0.846 bits per heavy atom. The van der Waals surface area contributed by atoms with Crippen LogP contribution in [-0.2, 0) is 20.7 Å². The summed E-state index contributed by atoms with van der Waals surface area (Å²) in [6.07, 6.45) is 1.34. The van der Waals surface area contributed by atoms with Crippen molar-refractivity contribution in [3.63, 3.8) is 0 Å². The Labute approximate surface area is 231 Å². The Kier molecular flexibility index (Phi) is 8.83. The van der Waals surface area contributed by atoms with Crippen LogP contribution in [0.5, 0.6) is 23.0 Å². The number of nitrogens with one attached hydrogen (secondary N) is 1. The minimum atomic E-state index is -0.882. The summed E-state index contributed by atoms with van der Waals surface area (Å²) in [6.45, 7) is 5.26. The highest BCUT2D eigenvalue weighted by molar-refractivity contribution is 7.13. The van der Waals surface area contributed by atoms with Crippen molar-refractivity contribution in [2.75, 3.05) is 7.11 Å². The number of esters is 1. The molecule has 0 bridgehead atoms. The van der Waals surface area contributed by atoms with Gasteiger partial charge < -0.3 is 24.3 Å². The average molecular weight is 547 g/mol. The quantitative estimate of drug-likeness (QED) is 0.226. The van der Waals surface area contributed by atoms with Gasteiger partial charge in [0.25, 0.3) is 0 Å². The fourth-order valence-corrected chi connectivity index (χ4v) is 4.24. The summed E-state index contributed by atoms with van der Waals surface area (Å²) in [4.78, 5) is 28.7. The van der Waals surface area contributed by atoms with Crippen molar-refractivity contribution in [2.45, 2.75) is 38.8 Å². The average Bonchev–Trinajstić information content (AvgIpc) is 3.44. The van der Waals surface area contributed by atoms with Crippen molar-refractivity contribution in [1.82, 2.24) is 10.3 Å². The normalized spacial score (nSPS) is 11.8. The highest BCUT2D eigenvalue weighted by Crippen LogP contribution is 2.29. The van der Waals surface area contributed by atoms with Crippen molar-refractivity contribution in [3.8, 4) is 33.6 Å². The zero-order valence-electron chi connectivity index (χ0n) is 22.2. The lowest BCUT2D eigenvalue weighted by molar-refractivity contribution is -0.143. The van der Waals surface area contributed by atoms with E-state index in [0.717, 1.165) is 21.9 Å². The van der Waals surface area contributed by atoms with Crippen LogP contribution in [0.4, 0.5) is 4.79 Å². The number of hydrogen-bond acceptors (Lipinski definition) is 8. The van der Waals surface area contributed by atoms with E-state index in [4.69, 9.17) is 18.9 Å². The molecule has 8 nitrogen and oxygen atoms in total. The Balaban J connectivity index is 1.32. The van der Waals surface area contributed by atoms with Gasteiger partial charge in [0.1, 0.15) is 39.6 Å². The van der Waals surface area contributed by atoms with E-state index in [9.17, 15) is 9.59 Å². The largest absolute Gasteiger partial charge is 0.467 e. The molecule has 202 valence electrons. The monoisotopic (exact) mass is 546 g/mol. The van der Waals surface area contributed by atoms with Crippen molar-refractivity contribution < 1.29 is 28.5 Å². The molecule has 0 fully saturated rings. The van der Waals surface area contributed by atoms with Crippen LogP contribution in [0.2, 0.25) is 0 Å². The number of rotatable bonds is 9. The number of carbonyl (C=O) groups excluding carboxylic acids is 2. The van der Waals surface area contributed by atoms with Crippen LogP contribution < -0.4 is 14.8 Å². The third-order valence-electron chi connectivity index (χ3n) is 5.37. The van der Waals surface area contributed by atoms with E-state index in [1.165, 1.54) is 7.11 Å². The SMILES string of the molecule is COC(=O)C(Cc1ccc(Oc2ccc(Oc3ccc(-c4nccs4)cc3)cc2)cc1)NC(=O)OC(C)(C)C. The number of thiazole rings is 1. The van der Waals surface area contributed by atoms with Gasteiger partial charge in [-0.25, -0.2) is 14.6 Å². The number of amides is 1. The van der Waals surface area contributed by atoms with Gasteiger partial charge in [-0.2, -0.15) is 0 Å². The Morgan fingerprint density at radius 2 is 1.36 bits per heavy atom. The van der Waals surface area contributed by atoms with Gasteiger partial charge in [0.05, 0.1) is 7.11 Å². The molecule has 0 saturated heterocycles. The molecule has 9 heteroatoms. The molecule has 0 aliphatic heterocycles. The summed E-state index contributed by atoms with van der Waals surface area (Å²) in [5.41, 5.74) is 1.19. The fourth-order valence-electron chi connectivity index (χ4n) is 3.59. The summed E-state index contributed by atoms with van der Waals surface area (Å²) < 4.78 is 22.0. The number of benzene rings is 3. The third kappa shape index (κ3) is 8.31. The van der Waals surface area contributed by atoms with Gasteiger partial charge in [0.2, 0.25) is 0 Å². The number of hydrogen-bond donors (Lipinski definition) is 1. The molecular weight excluding hydrogens is 516 g/mol. The number of nitrogens with zero attached hydrogens (tertiary/aromatic N) is 1. The Hall–Kier alpha value is -4.37. The maximum absolute atomic E-state index is 12.2. The summed E-state index contributed by atoms with van der Waals surface area (Å²) >= 11 is 1.59. The molecule has 4 rings (SSSR count). The van der Waals surface area contributed by atoms with Crippen LogP contribution in [0.25, 0.3) is 10.6 Å². The number of methoxy groups -OCH3 is 1. The second kappa shape index (κ2) is 12.4. The van der Waals surface area contributed by atoms with Crippen LogP contribution in [0.15, 0.2) is 84.4 Å². The first-order valence-electron chi connectivity index (χ1n) is 12.3. The molecule has 0 aliphatic carbocycles. The molecule has 0 aliphatic rings. The smallest absolute Gasteiger partial charge is 0.408 e. The van der Waals surface area contributed by atoms with E-state index in [1.54, 1.807) is 50.4 Å². The van der Waals surface area contributed by atoms with E-state index in [-0.39, 0.29) is 6.42 Å². The van der Waals surface area contributed by atoms with Crippen LogP contribution in [0.1, 0.15) is 26.3 Å². The Morgan fingerprint density at radius 3 is 1.82 bits per heavy atom. The minimum absolute atomic E-state index is 0.239. The number of aromatic nitrogens is 1. The van der Waals surface area contributed by atoms with Gasteiger partial charge in [-0.15, -0.1) is 11.3 Å². The second-order valence-corrected chi connectivity index (χ2v) is 10.5. The lowest BCUT2D eigenvalue weighted by Crippen LogP contribution is -2.45. The number of carbonyl (C=O) groups is 2. The molecule has 0 radical (unpaired) electrons. The van der Waals surface area contributed by atoms with Crippen LogP contribution in [-0.4, -0.2) is 35.8 Å². The zero-order valence-corrected chi connectivity index (χ0v) is 23.0. The van der Waals surface area contributed by atoms with E-state index >= 15 is 0 Å². The van der Waals surface area contributed by atoms with Gasteiger partial charge in [-0.05, 0) is 87.0 Å². The van der Waals surface area contributed by atoms with Crippen molar-refractivity contribution in [1.29, 1.82) is 0 Å². The van der Waals surface area contributed by atoms with Gasteiger partial charge in [-0.3, -0.25) is 0 Å². The molecule has 3 aromatic carbocycles. The van der Waals surface area contributed by atoms with E-state index in [1.807, 2.05) is 66.0 Å². The molecule has 1 amide bonds. The Bertz CT molecular complexity index is 1360.